The maximum absolute atomic E-state index is 5.79. The first-order chi connectivity index (χ1) is 8.25. The molecule has 3 heteroatoms. The number of ether oxygens (including phenoxy) is 1. The summed E-state index contributed by atoms with van der Waals surface area (Å²) in [7, 11) is 0. The van der Waals surface area contributed by atoms with E-state index in [0.29, 0.717) is 6.10 Å². The van der Waals surface area contributed by atoms with Gasteiger partial charge in [-0.1, -0.05) is 12.1 Å². The molecule has 0 bridgehead atoms. The Labute approximate surface area is 103 Å². The molecule has 0 spiro atoms. The van der Waals surface area contributed by atoms with E-state index in [9.17, 15) is 0 Å². The second-order valence-corrected chi connectivity index (χ2v) is 4.79. The standard InChI is InChI=1S/C14H22N2O/c1-11-9-12(4-5-14(11)15)10-16-7-6-13-3-2-8-17-13/h4-5,9,13,16H,2-3,6-8,10,15H2,1H3. The minimum atomic E-state index is 0.482. The van der Waals surface area contributed by atoms with Gasteiger partial charge in [-0.15, -0.1) is 0 Å². The summed E-state index contributed by atoms with van der Waals surface area (Å²) in [5.74, 6) is 0. The molecule has 0 aromatic heterocycles. The number of nitrogens with one attached hydrogen (secondary N) is 1. The zero-order valence-electron chi connectivity index (χ0n) is 10.5. The highest BCUT2D eigenvalue weighted by Crippen LogP contribution is 2.15. The average Bonchev–Trinajstić information content (AvgIpc) is 2.82. The summed E-state index contributed by atoms with van der Waals surface area (Å²) >= 11 is 0. The molecule has 1 fully saturated rings. The van der Waals surface area contributed by atoms with Crippen molar-refractivity contribution in [2.24, 2.45) is 0 Å². The van der Waals surface area contributed by atoms with Gasteiger partial charge in [0.25, 0.3) is 0 Å². The third kappa shape index (κ3) is 3.72. The van der Waals surface area contributed by atoms with Crippen molar-refractivity contribution >= 4 is 5.69 Å². The quantitative estimate of drug-likeness (QED) is 0.606. The van der Waals surface area contributed by atoms with Crippen molar-refractivity contribution in [3.63, 3.8) is 0 Å². The fraction of sp³-hybridized carbons (Fsp3) is 0.571. The Morgan fingerprint density at radius 1 is 1.47 bits per heavy atom. The van der Waals surface area contributed by atoms with Crippen LogP contribution in [0.1, 0.15) is 30.4 Å². The number of hydrogen-bond donors (Lipinski definition) is 2. The molecular formula is C14H22N2O. The Bertz CT molecular complexity index is 359. The molecule has 94 valence electrons. The molecule has 0 saturated carbocycles. The molecule has 1 aromatic rings. The summed E-state index contributed by atoms with van der Waals surface area (Å²) in [6, 6.07) is 6.21. The molecule has 0 aliphatic carbocycles. The maximum atomic E-state index is 5.79. The Balaban J connectivity index is 1.68. The molecule has 0 amide bonds. The van der Waals surface area contributed by atoms with Crippen molar-refractivity contribution < 1.29 is 4.74 Å². The van der Waals surface area contributed by atoms with Crippen LogP contribution in [-0.4, -0.2) is 19.3 Å². The first-order valence-electron chi connectivity index (χ1n) is 6.43. The normalized spacial score (nSPS) is 19.7. The number of benzene rings is 1. The van der Waals surface area contributed by atoms with Crippen LogP contribution in [0.4, 0.5) is 5.69 Å². The molecule has 1 saturated heterocycles. The molecule has 1 unspecified atom stereocenters. The summed E-state index contributed by atoms with van der Waals surface area (Å²) in [5, 5.41) is 3.45. The van der Waals surface area contributed by atoms with Gasteiger partial charge in [-0.2, -0.15) is 0 Å². The van der Waals surface area contributed by atoms with Crippen molar-refractivity contribution in [2.45, 2.75) is 38.8 Å². The molecule has 17 heavy (non-hydrogen) atoms. The van der Waals surface area contributed by atoms with Crippen molar-refractivity contribution in [3.8, 4) is 0 Å². The van der Waals surface area contributed by atoms with Crippen molar-refractivity contribution in [1.29, 1.82) is 0 Å². The van der Waals surface area contributed by atoms with Crippen LogP contribution in [0.5, 0.6) is 0 Å². The molecule has 3 N–H and O–H groups in total. The zero-order chi connectivity index (χ0) is 12.1. The highest BCUT2D eigenvalue weighted by molar-refractivity contribution is 5.47. The van der Waals surface area contributed by atoms with Gasteiger partial charge in [0, 0.05) is 18.8 Å². The zero-order valence-corrected chi connectivity index (χ0v) is 10.5. The Morgan fingerprint density at radius 2 is 2.35 bits per heavy atom. The van der Waals surface area contributed by atoms with Gasteiger partial charge >= 0.3 is 0 Å². The van der Waals surface area contributed by atoms with E-state index in [1.807, 2.05) is 13.0 Å². The van der Waals surface area contributed by atoms with Gasteiger partial charge in [0.1, 0.15) is 0 Å². The lowest BCUT2D eigenvalue weighted by atomic mass is 10.1. The smallest absolute Gasteiger partial charge is 0.0588 e. The average molecular weight is 234 g/mol. The molecule has 2 rings (SSSR count). The molecule has 0 radical (unpaired) electrons. The maximum Gasteiger partial charge on any atom is 0.0588 e. The predicted molar refractivity (Wildman–Crippen MR) is 70.9 cm³/mol. The Hall–Kier alpha value is -1.06. The van der Waals surface area contributed by atoms with Crippen molar-refractivity contribution in [2.75, 3.05) is 18.9 Å². The van der Waals surface area contributed by atoms with Gasteiger partial charge in [-0.05, 0) is 49.9 Å². The van der Waals surface area contributed by atoms with E-state index >= 15 is 0 Å². The summed E-state index contributed by atoms with van der Waals surface area (Å²) in [6.45, 7) is 4.93. The van der Waals surface area contributed by atoms with E-state index in [1.165, 1.54) is 18.4 Å². The molecule has 1 heterocycles. The molecule has 1 atom stereocenters. The number of anilines is 1. The lowest BCUT2D eigenvalue weighted by Crippen LogP contribution is -2.19. The number of nitrogen functional groups attached to an aromatic ring is 1. The van der Waals surface area contributed by atoms with Gasteiger partial charge < -0.3 is 15.8 Å². The minimum Gasteiger partial charge on any atom is -0.399 e. The lowest BCUT2D eigenvalue weighted by molar-refractivity contribution is 0.104. The molecule has 1 aliphatic heterocycles. The number of aryl methyl sites for hydroxylation is 1. The van der Waals surface area contributed by atoms with E-state index in [1.54, 1.807) is 0 Å². The summed E-state index contributed by atoms with van der Waals surface area (Å²) in [5.41, 5.74) is 9.11. The van der Waals surface area contributed by atoms with E-state index in [-0.39, 0.29) is 0 Å². The fourth-order valence-corrected chi connectivity index (χ4v) is 2.22. The largest absolute Gasteiger partial charge is 0.399 e. The summed E-state index contributed by atoms with van der Waals surface area (Å²) < 4.78 is 5.58. The van der Waals surface area contributed by atoms with Crippen LogP contribution in [0.2, 0.25) is 0 Å². The first-order valence-corrected chi connectivity index (χ1v) is 6.43. The third-order valence-electron chi connectivity index (χ3n) is 3.33. The summed E-state index contributed by atoms with van der Waals surface area (Å²) in [6.07, 6.45) is 4.05. The van der Waals surface area contributed by atoms with Crippen LogP contribution < -0.4 is 11.1 Å². The van der Waals surface area contributed by atoms with Crippen LogP contribution in [0.15, 0.2) is 18.2 Å². The van der Waals surface area contributed by atoms with E-state index in [0.717, 1.165) is 37.4 Å². The van der Waals surface area contributed by atoms with E-state index in [2.05, 4.69) is 17.4 Å². The van der Waals surface area contributed by atoms with Crippen LogP contribution >= 0.6 is 0 Å². The lowest BCUT2D eigenvalue weighted by Gasteiger charge is -2.10. The van der Waals surface area contributed by atoms with Gasteiger partial charge in [-0.25, -0.2) is 0 Å². The van der Waals surface area contributed by atoms with Crippen LogP contribution in [0, 0.1) is 6.92 Å². The van der Waals surface area contributed by atoms with Gasteiger partial charge in [0.05, 0.1) is 6.10 Å². The Morgan fingerprint density at radius 3 is 3.06 bits per heavy atom. The summed E-state index contributed by atoms with van der Waals surface area (Å²) in [4.78, 5) is 0. The topological polar surface area (TPSA) is 47.3 Å². The second-order valence-electron chi connectivity index (χ2n) is 4.79. The molecule has 1 aliphatic rings. The van der Waals surface area contributed by atoms with Crippen LogP contribution in [0.25, 0.3) is 0 Å². The highest BCUT2D eigenvalue weighted by Gasteiger charge is 2.14. The van der Waals surface area contributed by atoms with Crippen LogP contribution in [-0.2, 0) is 11.3 Å². The van der Waals surface area contributed by atoms with Gasteiger partial charge in [0.15, 0.2) is 0 Å². The van der Waals surface area contributed by atoms with Gasteiger partial charge in [-0.3, -0.25) is 0 Å². The van der Waals surface area contributed by atoms with Crippen molar-refractivity contribution in [3.05, 3.63) is 29.3 Å². The van der Waals surface area contributed by atoms with E-state index < -0.39 is 0 Å². The van der Waals surface area contributed by atoms with Crippen LogP contribution in [0.3, 0.4) is 0 Å². The minimum absolute atomic E-state index is 0.482. The molecule has 3 nitrogen and oxygen atoms in total. The number of rotatable bonds is 5. The van der Waals surface area contributed by atoms with Crippen molar-refractivity contribution in [1.82, 2.24) is 5.32 Å². The third-order valence-corrected chi connectivity index (χ3v) is 3.33. The monoisotopic (exact) mass is 234 g/mol. The SMILES string of the molecule is Cc1cc(CNCCC2CCCO2)ccc1N. The molecule has 1 aromatic carbocycles. The Kier molecular flexibility index (Phi) is 4.40. The fourth-order valence-electron chi connectivity index (χ4n) is 2.22. The van der Waals surface area contributed by atoms with E-state index in [4.69, 9.17) is 10.5 Å². The molecular weight excluding hydrogens is 212 g/mol. The van der Waals surface area contributed by atoms with Gasteiger partial charge in [0.2, 0.25) is 0 Å². The highest BCUT2D eigenvalue weighted by atomic mass is 16.5. The predicted octanol–water partition coefficient (Wildman–Crippen LogP) is 2.24. The second kappa shape index (κ2) is 6.03. The number of hydrogen-bond acceptors (Lipinski definition) is 3. The first kappa shape index (κ1) is 12.4. The number of nitrogens with two attached hydrogens (primary N) is 1.